The van der Waals surface area contributed by atoms with Crippen LogP contribution in [0.5, 0.6) is 11.5 Å². The van der Waals surface area contributed by atoms with Crippen LogP contribution < -0.4 is 5.32 Å². The molecule has 2 aromatic rings. The Morgan fingerprint density at radius 3 is 2.14 bits per heavy atom. The van der Waals surface area contributed by atoms with E-state index >= 15 is 0 Å². The molecule has 7 nitrogen and oxygen atoms in total. The third-order valence-electron chi connectivity index (χ3n) is 4.29. The number of hydrogen-bond donors (Lipinski definition) is 3. The van der Waals surface area contributed by atoms with Crippen LogP contribution >= 0.6 is 0 Å². The Morgan fingerprint density at radius 1 is 1.04 bits per heavy atom. The number of carbonyl (C=O) groups is 2. The average molecular weight is 386 g/mol. The van der Waals surface area contributed by atoms with Crippen LogP contribution in [0.2, 0.25) is 0 Å². The molecule has 0 aromatic heterocycles. The Balaban J connectivity index is 2.13. The molecule has 3 N–H and O–H groups in total. The fourth-order valence-electron chi connectivity index (χ4n) is 2.90. The second kappa shape index (κ2) is 10.4. The highest BCUT2D eigenvalue weighted by Crippen LogP contribution is 2.18. The number of phenolic OH excluding ortho intramolecular Hbond substituents is 2. The first-order valence-electron chi connectivity index (χ1n) is 8.97. The highest BCUT2D eigenvalue weighted by atomic mass is 16.5. The molecule has 0 saturated heterocycles. The summed E-state index contributed by atoms with van der Waals surface area (Å²) in [4.78, 5) is 25.7. The van der Waals surface area contributed by atoms with Gasteiger partial charge in [0.1, 0.15) is 23.3 Å². The van der Waals surface area contributed by atoms with Gasteiger partial charge in [-0.1, -0.05) is 36.4 Å². The lowest BCUT2D eigenvalue weighted by molar-refractivity contribution is -0.144. The monoisotopic (exact) mass is 386 g/mol. The molecule has 0 spiro atoms. The summed E-state index contributed by atoms with van der Waals surface area (Å²) in [5.74, 6) is -0.262. The van der Waals surface area contributed by atoms with E-state index in [9.17, 15) is 19.8 Å². The third-order valence-corrected chi connectivity index (χ3v) is 4.29. The summed E-state index contributed by atoms with van der Waals surface area (Å²) in [6.07, 6.45) is 0. The van der Waals surface area contributed by atoms with E-state index in [2.05, 4.69) is 5.32 Å². The first-order valence-corrected chi connectivity index (χ1v) is 8.97. The van der Waals surface area contributed by atoms with Crippen LogP contribution in [0.3, 0.4) is 0 Å². The van der Waals surface area contributed by atoms with E-state index in [1.165, 1.54) is 14.0 Å². The number of para-hydroxylation sites is 2. The van der Waals surface area contributed by atoms with Gasteiger partial charge in [-0.05, 0) is 19.1 Å². The van der Waals surface area contributed by atoms with Gasteiger partial charge >= 0.3 is 5.97 Å². The molecule has 0 aliphatic heterocycles. The predicted molar refractivity (Wildman–Crippen MR) is 105 cm³/mol. The molecular formula is C21H26N2O5. The van der Waals surface area contributed by atoms with E-state index < -0.39 is 12.0 Å². The lowest BCUT2D eigenvalue weighted by Gasteiger charge is -2.26. The molecule has 0 radical (unpaired) electrons. The first-order chi connectivity index (χ1) is 13.4. The van der Waals surface area contributed by atoms with Crippen molar-refractivity contribution in [2.24, 2.45) is 0 Å². The van der Waals surface area contributed by atoms with Crippen molar-refractivity contribution in [2.45, 2.75) is 26.1 Å². The molecule has 1 unspecified atom stereocenters. The van der Waals surface area contributed by atoms with Crippen LogP contribution in [0.1, 0.15) is 18.1 Å². The van der Waals surface area contributed by atoms with Crippen LogP contribution in [-0.4, -0.2) is 53.1 Å². The number of phenols is 2. The van der Waals surface area contributed by atoms with Crippen molar-refractivity contribution in [3.8, 4) is 11.5 Å². The maximum atomic E-state index is 12.3. The molecule has 0 saturated carbocycles. The summed E-state index contributed by atoms with van der Waals surface area (Å²) in [5, 5.41) is 23.0. The summed E-state index contributed by atoms with van der Waals surface area (Å²) in [6, 6.07) is 13.0. The smallest absolute Gasteiger partial charge is 0.324 e. The molecule has 2 aromatic carbocycles. The summed E-state index contributed by atoms with van der Waals surface area (Å²) in [6.45, 7) is 2.36. The van der Waals surface area contributed by atoms with Gasteiger partial charge in [0.2, 0.25) is 0 Å². The zero-order chi connectivity index (χ0) is 20.5. The SMILES string of the molecule is COC(=O)C(CN(CC(C)=O)Cc1ccccc1O)NCc1ccccc1O. The fourth-order valence-corrected chi connectivity index (χ4v) is 2.90. The van der Waals surface area contributed by atoms with Gasteiger partial charge in [0.05, 0.1) is 13.7 Å². The number of ether oxygens (including phenoxy) is 1. The number of Topliss-reactive ketones (excluding diaryl/α,β-unsaturated/α-hetero) is 1. The highest BCUT2D eigenvalue weighted by molar-refractivity contribution is 5.78. The standard InChI is InChI=1S/C21H26N2O5/c1-15(24)12-23(13-17-8-4-6-10-20(17)26)14-18(21(27)28-2)22-11-16-7-3-5-9-19(16)25/h3-10,18,22,25-26H,11-14H2,1-2H3. The van der Waals surface area contributed by atoms with Crippen molar-refractivity contribution in [2.75, 3.05) is 20.2 Å². The zero-order valence-electron chi connectivity index (χ0n) is 16.1. The molecule has 0 bridgehead atoms. The predicted octanol–water partition coefficient (Wildman–Crippen LogP) is 1.82. The number of rotatable bonds is 10. The quantitative estimate of drug-likeness (QED) is 0.536. The van der Waals surface area contributed by atoms with Crippen molar-refractivity contribution in [1.29, 1.82) is 0 Å². The molecule has 7 heteroatoms. The van der Waals surface area contributed by atoms with Gasteiger partial charge in [-0.2, -0.15) is 0 Å². The minimum absolute atomic E-state index is 0.0558. The van der Waals surface area contributed by atoms with Crippen molar-refractivity contribution in [3.63, 3.8) is 0 Å². The van der Waals surface area contributed by atoms with Gasteiger partial charge in [-0.25, -0.2) is 0 Å². The van der Waals surface area contributed by atoms with Crippen LogP contribution in [0, 0.1) is 0 Å². The summed E-state index contributed by atoms with van der Waals surface area (Å²) < 4.78 is 4.89. The van der Waals surface area contributed by atoms with E-state index in [-0.39, 0.29) is 36.9 Å². The van der Waals surface area contributed by atoms with Crippen LogP contribution in [0.4, 0.5) is 0 Å². The lowest BCUT2D eigenvalue weighted by atomic mass is 10.1. The highest BCUT2D eigenvalue weighted by Gasteiger charge is 2.23. The molecule has 2 rings (SSSR count). The van der Waals surface area contributed by atoms with Crippen LogP contribution in [0.15, 0.2) is 48.5 Å². The van der Waals surface area contributed by atoms with E-state index in [0.717, 1.165) is 0 Å². The van der Waals surface area contributed by atoms with Crippen molar-refractivity contribution in [1.82, 2.24) is 10.2 Å². The Kier molecular flexibility index (Phi) is 7.98. The molecule has 0 aliphatic rings. The molecule has 1 atom stereocenters. The molecule has 0 fully saturated rings. The Labute approximate surface area is 164 Å². The number of benzene rings is 2. The number of nitrogens with zero attached hydrogens (tertiary/aromatic N) is 1. The largest absolute Gasteiger partial charge is 0.508 e. The maximum Gasteiger partial charge on any atom is 0.324 e. The maximum absolute atomic E-state index is 12.3. The molecule has 150 valence electrons. The minimum atomic E-state index is -0.713. The van der Waals surface area contributed by atoms with Gasteiger partial charge in [-0.15, -0.1) is 0 Å². The second-order valence-electron chi connectivity index (χ2n) is 6.59. The summed E-state index contributed by atoms with van der Waals surface area (Å²) in [7, 11) is 1.30. The summed E-state index contributed by atoms with van der Waals surface area (Å²) in [5.41, 5.74) is 1.31. The average Bonchev–Trinajstić information content (AvgIpc) is 2.66. The van der Waals surface area contributed by atoms with Crippen molar-refractivity contribution < 1.29 is 24.5 Å². The molecule has 28 heavy (non-hydrogen) atoms. The van der Waals surface area contributed by atoms with E-state index in [1.54, 1.807) is 53.4 Å². The van der Waals surface area contributed by atoms with E-state index in [1.807, 2.05) is 0 Å². The molecular weight excluding hydrogens is 360 g/mol. The molecule has 0 amide bonds. The second-order valence-corrected chi connectivity index (χ2v) is 6.59. The van der Waals surface area contributed by atoms with Crippen molar-refractivity contribution in [3.05, 3.63) is 59.7 Å². The number of ketones is 1. The van der Waals surface area contributed by atoms with Gasteiger partial charge in [-0.3, -0.25) is 19.8 Å². The Morgan fingerprint density at radius 2 is 1.61 bits per heavy atom. The van der Waals surface area contributed by atoms with Gasteiger partial charge < -0.3 is 14.9 Å². The Hall–Kier alpha value is -2.90. The van der Waals surface area contributed by atoms with Gasteiger partial charge in [0.25, 0.3) is 0 Å². The first kappa shape index (κ1) is 21.4. The normalized spacial score (nSPS) is 12.0. The van der Waals surface area contributed by atoms with E-state index in [4.69, 9.17) is 4.74 Å². The number of methoxy groups -OCH3 is 1. The number of aromatic hydroxyl groups is 2. The number of nitrogens with one attached hydrogen (secondary N) is 1. The van der Waals surface area contributed by atoms with E-state index in [0.29, 0.717) is 17.7 Å². The topological polar surface area (TPSA) is 99.1 Å². The zero-order valence-corrected chi connectivity index (χ0v) is 16.1. The number of esters is 1. The third kappa shape index (κ3) is 6.37. The number of hydrogen-bond acceptors (Lipinski definition) is 7. The number of carbonyl (C=O) groups excluding carboxylic acids is 2. The molecule has 0 aliphatic carbocycles. The van der Waals surface area contributed by atoms with Crippen molar-refractivity contribution >= 4 is 11.8 Å². The summed E-state index contributed by atoms with van der Waals surface area (Å²) >= 11 is 0. The Bertz CT molecular complexity index is 809. The van der Waals surface area contributed by atoms with Gasteiger partial charge in [0.15, 0.2) is 0 Å². The fraction of sp³-hybridized carbons (Fsp3) is 0.333. The minimum Gasteiger partial charge on any atom is -0.508 e. The molecule has 0 heterocycles. The van der Waals surface area contributed by atoms with Crippen LogP contribution in [-0.2, 0) is 27.4 Å². The van der Waals surface area contributed by atoms with Gasteiger partial charge in [0, 0.05) is 30.8 Å². The van der Waals surface area contributed by atoms with Crippen LogP contribution in [0.25, 0.3) is 0 Å². The lowest BCUT2D eigenvalue weighted by Crippen LogP contribution is -2.47.